The van der Waals surface area contributed by atoms with E-state index in [0.717, 1.165) is 22.4 Å². The van der Waals surface area contributed by atoms with Gasteiger partial charge in [-0.15, -0.1) is 0 Å². The van der Waals surface area contributed by atoms with Crippen LogP contribution in [0.15, 0.2) is 42.5 Å². The van der Waals surface area contributed by atoms with Crippen molar-refractivity contribution < 1.29 is 14.4 Å². The van der Waals surface area contributed by atoms with Crippen molar-refractivity contribution in [1.29, 1.82) is 0 Å². The Bertz CT molecular complexity index is 1180. The number of nitrogens with one attached hydrogen (secondary N) is 2. The minimum Gasteiger partial charge on any atom is -0.339 e. The SMILES string of the molecule is CC(=O)N1CCN(C(=O)NCCN(C(C)C)C2(Cc3cccc(Cl)c3)C(=O)Nc3cc(C)ccc32)CC1. The number of anilines is 1. The molecule has 0 bridgehead atoms. The molecule has 37 heavy (non-hydrogen) atoms. The topological polar surface area (TPSA) is 85.0 Å². The van der Waals surface area contributed by atoms with Gasteiger partial charge in [0.15, 0.2) is 0 Å². The maximum absolute atomic E-state index is 13.8. The standard InChI is InChI=1S/C28H36ClN5O3/c1-19(2)34(11-10-30-27(37)33-14-12-32(13-15-33)21(4)35)28(18-22-6-5-7-23(29)17-22)24-9-8-20(3)16-25(24)31-26(28)36/h5-9,16-17,19H,10-15,18H2,1-4H3,(H,30,37)(H,31,36). The number of piperazine rings is 1. The van der Waals surface area contributed by atoms with Gasteiger partial charge in [0.25, 0.3) is 0 Å². The zero-order valence-corrected chi connectivity index (χ0v) is 22.8. The largest absolute Gasteiger partial charge is 0.339 e. The van der Waals surface area contributed by atoms with Crippen LogP contribution in [0.2, 0.25) is 5.02 Å². The van der Waals surface area contributed by atoms with E-state index in [1.54, 1.807) is 16.7 Å². The molecule has 9 heteroatoms. The fourth-order valence-corrected chi connectivity index (χ4v) is 5.70. The fraction of sp³-hybridized carbons (Fsp3) is 0.464. The van der Waals surface area contributed by atoms with Crippen molar-refractivity contribution in [2.75, 3.05) is 44.6 Å². The maximum Gasteiger partial charge on any atom is 0.317 e. The van der Waals surface area contributed by atoms with E-state index >= 15 is 0 Å². The minimum absolute atomic E-state index is 0.0215. The average Bonchev–Trinajstić information content (AvgIpc) is 3.11. The molecule has 1 fully saturated rings. The van der Waals surface area contributed by atoms with Crippen LogP contribution in [-0.2, 0) is 21.5 Å². The lowest BCUT2D eigenvalue weighted by atomic mass is 9.81. The fourth-order valence-electron chi connectivity index (χ4n) is 5.48. The lowest BCUT2D eigenvalue weighted by molar-refractivity contribution is -0.130. The first-order valence-electron chi connectivity index (χ1n) is 12.8. The van der Waals surface area contributed by atoms with Crippen LogP contribution in [0.4, 0.5) is 10.5 Å². The van der Waals surface area contributed by atoms with E-state index in [4.69, 9.17) is 11.6 Å². The van der Waals surface area contributed by atoms with E-state index in [0.29, 0.717) is 50.7 Å². The molecule has 1 atom stereocenters. The predicted octanol–water partition coefficient (Wildman–Crippen LogP) is 3.62. The normalized spacial score (nSPS) is 19.3. The van der Waals surface area contributed by atoms with Gasteiger partial charge in [0.2, 0.25) is 11.8 Å². The van der Waals surface area contributed by atoms with Gasteiger partial charge in [0, 0.05) is 74.9 Å². The Morgan fingerprint density at radius 1 is 1.11 bits per heavy atom. The first-order chi connectivity index (χ1) is 17.6. The summed E-state index contributed by atoms with van der Waals surface area (Å²) in [5.41, 5.74) is 2.85. The lowest BCUT2D eigenvalue weighted by Crippen LogP contribution is -2.58. The van der Waals surface area contributed by atoms with E-state index in [9.17, 15) is 14.4 Å². The molecule has 4 amide bonds. The van der Waals surface area contributed by atoms with Gasteiger partial charge in [0.1, 0.15) is 5.54 Å². The van der Waals surface area contributed by atoms with Crippen molar-refractivity contribution in [3.63, 3.8) is 0 Å². The van der Waals surface area contributed by atoms with Crippen LogP contribution in [0.3, 0.4) is 0 Å². The molecule has 2 aliphatic rings. The Labute approximate surface area is 223 Å². The molecular formula is C28H36ClN5O3. The summed E-state index contributed by atoms with van der Waals surface area (Å²) < 4.78 is 0. The van der Waals surface area contributed by atoms with Crippen LogP contribution in [-0.4, -0.2) is 77.9 Å². The van der Waals surface area contributed by atoms with Crippen molar-refractivity contribution in [1.82, 2.24) is 20.0 Å². The molecule has 2 aromatic carbocycles. The second kappa shape index (κ2) is 11.1. The number of urea groups is 1. The highest BCUT2D eigenvalue weighted by atomic mass is 35.5. The van der Waals surface area contributed by atoms with E-state index in [1.807, 2.05) is 49.4 Å². The number of benzene rings is 2. The van der Waals surface area contributed by atoms with Gasteiger partial charge in [-0.1, -0.05) is 35.9 Å². The number of rotatable bonds is 7. The summed E-state index contributed by atoms with van der Waals surface area (Å²) in [6.45, 7) is 10.7. The van der Waals surface area contributed by atoms with Gasteiger partial charge in [0.05, 0.1) is 0 Å². The summed E-state index contributed by atoms with van der Waals surface area (Å²) in [4.78, 5) is 43.9. The van der Waals surface area contributed by atoms with Gasteiger partial charge >= 0.3 is 6.03 Å². The second-order valence-electron chi connectivity index (χ2n) is 10.2. The highest BCUT2D eigenvalue weighted by molar-refractivity contribution is 6.30. The summed E-state index contributed by atoms with van der Waals surface area (Å²) in [6.07, 6.45) is 0.453. The van der Waals surface area contributed by atoms with Gasteiger partial charge in [-0.05, 0) is 50.1 Å². The van der Waals surface area contributed by atoms with Crippen LogP contribution in [0, 0.1) is 6.92 Å². The molecule has 0 saturated carbocycles. The minimum atomic E-state index is -0.945. The summed E-state index contributed by atoms with van der Waals surface area (Å²) in [5, 5.41) is 6.78. The molecule has 198 valence electrons. The van der Waals surface area contributed by atoms with E-state index in [-0.39, 0.29) is 23.9 Å². The van der Waals surface area contributed by atoms with Crippen molar-refractivity contribution >= 4 is 35.1 Å². The molecule has 2 aliphatic heterocycles. The number of halogens is 1. The van der Waals surface area contributed by atoms with E-state index in [2.05, 4.69) is 29.4 Å². The van der Waals surface area contributed by atoms with Crippen LogP contribution in [0.25, 0.3) is 0 Å². The van der Waals surface area contributed by atoms with Gasteiger partial charge in [-0.2, -0.15) is 0 Å². The Balaban J connectivity index is 1.56. The molecule has 8 nitrogen and oxygen atoms in total. The number of amides is 4. The summed E-state index contributed by atoms with van der Waals surface area (Å²) >= 11 is 6.31. The summed E-state index contributed by atoms with van der Waals surface area (Å²) in [7, 11) is 0. The third-order valence-corrected chi connectivity index (χ3v) is 7.58. The Hall–Kier alpha value is -3.10. The van der Waals surface area contributed by atoms with Gasteiger partial charge < -0.3 is 20.4 Å². The molecule has 1 saturated heterocycles. The average molecular weight is 526 g/mol. The Morgan fingerprint density at radius 3 is 2.46 bits per heavy atom. The number of hydrogen-bond donors (Lipinski definition) is 2. The highest BCUT2D eigenvalue weighted by Crippen LogP contribution is 2.44. The smallest absolute Gasteiger partial charge is 0.317 e. The van der Waals surface area contributed by atoms with Crippen molar-refractivity contribution in [2.24, 2.45) is 0 Å². The van der Waals surface area contributed by atoms with Crippen LogP contribution in [0.5, 0.6) is 0 Å². The van der Waals surface area contributed by atoms with Gasteiger partial charge in [-0.3, -0.25) is 14.5 Å². The molecular weight excluding hydrogens is 490 g/mol. The second-order valence-corrected chi connectivity index (χ2v) is 10.6. The number of aryl methyl sites for hydroxylation is 1. The van der Waals surface area contributed by atoms with E-state index in [1.165, 1.54) is 0 Å². The predicted molar refractivity (Wildman–Crippen MR) is 146 cm³/mol. The maximum atomic E-state index is 13.8. The molecule has 2 aromatic rings. The van der Waals surface area contributed by atoms with Crippen LogP contribution in [0.1, 0.15) is 37.5 Å². The lowest BCUT2D eigenvalue weighted by Gasteiger charge is -2.43. The van der Waals surface area contributed by atoms with Crippen LogP contribution < -0.4 is 10.6 Å². The molecule has 0 aromatic heterocycles. The number of carbonyl (C=O) groups excluding carboxylic acids is 3. The number of fused-ring (bicyclic) bond motifs is 1. The van der Waals surface area contributed by atoms with Crippen molar-refractivity contribution in [3.8, 4) is 0 Å². The van der Waals surface area contributed by atoms with E-state index < -0.39 is 5.54 Å². The molecule has 0 spiro atoms. The zero-order valence-electron chi connectivity index (χ0n) is 22.0. The summed E-state index contributed by atoms with van der Waals surface area (Å²) in [5.74, 6) is -0.0450. The monoisotopic (exact) mass is 525 g/mol. The quantitative estimate of drug-likeness (QED) is 0.578. The molecule has 0 aliphatic carbocycles. The molecule has 1 unspecified atom stereocenters. The van der Waals surface area contributed by atoms with Crippen LogP contribution >= 0.6 is 11.6 Å². The number of nitrogens with zero attached hydrogens (tertiary/aromatic N) is 3. The Morgan fingerprint density at radius 2 is 1.81 bits per heavy atom. The number of carbonyl (C=O) groups is 3. The number of hydrogen-bond acceptors (Lipinski definition) is 4. The molecule has 0 radical (unpaired) electrons. The third-order valence-electron chi connectivity index (χ3n) is 7.35. The molecule has 2 N–H and O–H groups in total. The Kier molecular flexibility index (Phi) is 8.09. The third kappa shape index (κ3) is 5.60. The first kappa shape index (κ1) is 26.9. The van der Waals surface area contributed by atoms with Crippen molar-refractivity contribution in [3.05, 3.63) is 64.2 Å². The summed E-state index contributed by atoms with van der Waals surface area (Å²) in [6, 6.07) is 13.6. The van der Waals surface area contributed by atoms with Gasteiger partial charge in [-0.25, -0.2) is 4.79 Å². The van der Waals surface area contributed by atoms with Crippen molar-refractivity contribution in [2.45, 2.75) is 45.7 Å². The highest BCUT2D eigenvalue weighted by Gasteiger charge is 2.51. The first-order valence-corrected chi connectivity index (χ1v) is 13.2. The molecule has 2 heterocycles. The molecule has 4 rings (SSSR count). The zero-order chi connectivity index (χ0) is 26.7.